The highest BCUT2D eigenvalue weighted by Crippen LogP contribution is 2.27. The SMILES string of the molecule is COc1ccc(/C=C/C(=O)NCCSc2ccccn2)cc1OC. The van der Waals surface area contributed by atoms with Gasteiger partial charge in [-0.2, -0.15) is 0 Å². The van der Waals surface area contributed by atoms with Crippen LogP contribution in [-0.4, -0.2) is 37.4 Å². The first-order chi connectivity index (χ1) is 11.7. The molecule has 6 heteroatoms. The summed E-state index contributed by atoms with van der Waals surface area (Å²) in [5, 5.41) is 3.80. The quantitative estimate of drug-likeness (QED) is 0.453. The van der Waals surface area contributed by atoms with E-state index in [1.165, 1.54) is 6.08 Å². The number of thioether (sulfide) groups is 1. The van der Waals surface area contributed by atoms with Crippen LogP contribution >= 0.6 is 11.8 Å². The lowest BCUT2D eigenvalue weighted by atomic mass is 10.2. The molecule has 0 atom stereocenters. The number of carbonyl (C=O) groups is 1. The van der Waals surface area contributed by atoms with Crippen LogP contribution in [0.1, 0.15) is 5.56 Å². The van der Waals surface area contributed by atoms with Crippen molar-refractivity contribution < 1.29 is 14.3 Å². The Morgan fingerprint density at radius 3 is 2.75 bits per heavy atom. The van der Waals surface area contributed by atoms with E-state index in [1.54, 1.807) is 44.3 Å². The first-order valence-corrected chi connectivity index (χ1v) is 8.43. The predicted molar refractivity (Wildman–Crippen MR) is 96.6 cm³/mol. The molecule has 0 aliphatic rings. The Morgan fingerprint density at radius 1 is 1.21 bits per heavy atom. The van der Waals surface area contributed by atoms with Gasteiger partial charge in [-0.15, -0.1) is 11.8 Å². The first kappa shape index (κ1) is 17.9. The maximum atomic E-state index is 11.8. The molecular formula is C18H20N2O3S. The molecule has 0 aliphatic carbocycles. The van der Waals surface area contributed by atoms with E-state index in [4.69, 9.17) is 9.47 Å². The molecule has 0 unspecified atom stereocenters. The first-order valence-electron chi connectivity index (χ1n) is 7.44. The van der Waals surface area contributed by atoms with E-state index >= 15 is 0 Å². The number of amides is 1. The van der Waals surface area contributed by atoms with Gasteiger partial charge in [0.05, 0.1) is 19.2 Å². The van der Waals surface area contributed by atoms with Gasteiger partial charge in [0.25, 0.3) is 0 Å². The largest absolute Gasteiger partial charge is 0.493 e. The van der Waals surface area contributed by atoms with Crippen LogP contribution in [0.4, 0.5) is 0 Å². The molecule has 2 rings (SSSR count). The van der Waals surface area contributed by atoms with E-state index in [2.05, 4.69) is 10.3 Å². The molecule has 126 valence electrons. The maximum absolute atomic E-state index is 11.8. The molecular weight excluding hydrogens is 324 g/mol. The number of benzene rings is 1. The van der Waals surface area contributed by atoms with Gasteiger partial charge in [0.15, 0.2) is 11.5 Å². The van der Waals surface area contributed by atoms with Crippen LogP contribution in [-0.2, 0) is 4.79 Å². The van der Waals surface area contributed by atoms with Crippen molar-refractivity contribution in [3.8, 4) is 11.5 Å². The Hall–Kier alpha value is -2.47. The van der Waals surface area contributed by atoms with Crippen molar-refractivity contribution in [1.29, 1.82) is 0 Å². The highest BCUT2D eigenvalue weighted by atomic mass is 32.2. The maximum Gasteiger partial charge on any atom is 0.244 e. The molecule has 1 aromatic heterocycles. The lowest BCUT2D eigenvalue weighted by molar-refractivity contribution is -0.116. The molecule has 5 nitrogen and oxygen atoms in total. The van der Waals surface area contributed by atoms with Crippen LogP contribution in [0.2, 0.25) is 0 Å². The number of hydrogen-bond acceptors (Lipinski definition) is 5. The Morgan fingerprint density at radius 2 is 2.04 bits per heavy atom. The van der Waals surface area contributed by atoms with Crippen molar-refractivity contribution in [2.45, 2.75) is 5.03 Å². The number of rotatable bonds is 8. The highest BCUT2D eigenvalue weighted by Gasteiger charge is 2.03. The normalized spacial score (nSPS) is 10.6. The van der Waals surface area contributed by atoms with E-state index in [0.717, 1.165) is 16.3 Å². The molecule has 1 aromatic carbocycles. The highest BCUT2D eigenvalue weighted by molar-refractivity contribution is 7.99. The summed E-state index contributed by atoms with van der Waals surface area (Å²) < 4.78 is 10.4. The molecule has 1 amide bonds. The van der Waals surface area contributed by atoms with Crippen LogP contribution in [0.3, 0.4) is 0 Å². The average Bonchev–Trinajstić information content (AvgIpc) is 2.64. The lowest BCUT2D eigenvalue weighted by Gasteiger charge is -2.07. The van der Waals surface area contributed by atoms with Crippen molar-refractivity contribution >= 4 is 23.7 Å². The second-order valence-corrected chi connectivity index (χ2v) is 5.87. The van der Waals surface area contributed by atoms with Crippen LogP contribution in [0.5, 0.6) is 11.5 Å². The number of nitrogens with zero attached hydrogens (tertiary/aromatic N) is 1. The fourth-order valence-electron chi connectivity index (χ4n) is 1.95. The van der Waals surface area contributed by atoms with Crippen molar-refractivity contribution in [2.75, 3.05) is 26.5 Å². The van der Waals surface area contributed by atoms with Crippen molar-refractivity contribution in [2.24, 2.45) is 0 Å². The number of pyridine rings is 1. The van der Waals surface area contributed by atoms with E-state index < -0.39 is 0 Å². The fourth-order valence-corrected chi connectivity index (χ4v) is 2.67. The minimum absolute atomic E-state index is 0.133. The molecule has 0 spiro atoms. The summed E-state index contributed by atoms with van der Waals surface area (Å²) in [7, 11) is 3.17. The van der Waals surface area contributed by atoms with E-state index in [1.807, 2.05) is 30.3 Å². The molecule has 1 N–H and O–H groups in total. The van der Waals surface area contributed by atoms with Crippen LogP contribution in [0.15, 0.2) is 53.7 Å². The van der Waals surface area contributed by atoms with Crippen LogP contribution < -0.4 is 14.8 Å². The number of nitrogens with one attached hydrogen (secondary N) is 1. The van der Waals surface area contributed by atoms with Gasteiger partial charge in [0.2, 0.25) is 5.91 Å². The van der Waals surface area contributed by atoms with E-state index in [0.29, 0.717) is 18.0 Å². The Kier molecular flexibility index (Phi) is 7.17. The summed E-state index contributed by atoms with van der Waals surface area (Å²) in [6.45, 7) is 0.580. The van der Waals surface area contributed by atoms with Gasteiger partial charge in [0.1, 0.15) is 0 Å². The van der Waals surface area contributed by atoms with Crippen molar-refractivity contribution in [3.63, 3.8) is 0 Å². The second kappa shape index (κ2) is 9.62. The summed E-state index contributed by atoms with van der Waals surface area (Å²) >= 11 is 1.61. The number of ether oxygens (including phenoxy) is 2. The number of aromatic nitrogens is 1. The molecule has 0 radical (unpaired) electrons. The van der Waals surface area contributed by atoms with Gasteiger partial charge in [0, 0.05) is 24.6 Å². The van der Waals surface area contributed by atoms with E-state index in [-0.39, 0.29) is 5.91 Å². The van der Waals surface area contributed by atoms with Crippen LogP contribution in [0.25, 0.3) is 6.08 Å². The lowest BCUT2D eigenvalue weighted by Crippen LogP contribution is -2.23. The second-order valence-electron chi connectivity index (χ2n) is 4.76. The molecule has 0 aliphatic heterocycles. The van der Waals surface area contributed by atoms with Gasteiger partial charge in [-0.1, -0.05) is 12.1 Å². The molecule has 1 heterocycles. The minimum Gasteiger partial charge on any atom is -0.493 e. The zero-order valence-electron chi connectivity index (χ0n) is 13.7. The molecule has 2 aromatic rings. The third-order valence-electron chi connectivity index (χ3n) is 3.12. The number of methoxy groups -OCH3 is 2. The fraction of sp³-hybridized carbons (Fsp3) is 0.222. The third kappa shape index (κ3) is 5.62. The van der Waals surface area contributed by atoms with Crippen LogP contribution in [0, 0.1) is 0 Å². The van der Waals surface area contributed by atoms with Gasteiger partial charge in [-0.3, -0.25) is 4.79 Å². The Labute approximate surface area is 146 Å². The standard InChI is InChI=1S/C18H20N2O3S/c1-22-15-8-6-14(13-16(15)23-2)7-9-17(21)19-11-12-24-18-5-3-4-10-20-18/h3-10,13H,11-12H2,1-2H3,(H,19,21)/b9-7+. The Balaban J connectivity index is 1.78. The zero-order chi connectivity index (χ0) is 17.2. The monoisotopic (exact) mass is 344 g/mol. The van der Waals surface area contributed by atoms with Crippen molar-refractivity contribution in [1.82, 2.24) is 10.3 Å². The van der Waals surface area contributed by atoms with E-state index in [9.17, 15) is 4.79 Å². The summed E-state index contributed by atoms with van der Waals surface area (Å²) in [5.74, 6) is 1.93. The zero-order valence-corrected chi connectivity index (χ0v) is 14.5. The molecule has 0 saturated carbocycles. The number of hydrogen-bond donors (Lipinski definition) is 1. The molecule has 24 heavy (non-hydrogen) atoms. The third-order valence-corrected chi connectivity index (χ3v) is 4.07. The molecule has 0 bridgehead atoms. The van der Waals surface area contributed by atoms with Crippen molar-refractivity contribution in [3.05, 3.63) is 54.2 Å². The topological polar surface area (TPSA) is 60.5 Å². The summed E-state index contributed by atoms with van der Waals surface area (Å²) in [6.07, 6.45) is 5.00. The Bertz CT molecular complexity index is 690. The van der Waals surface area contributed by atoms with Gasteiger partial charge in [-0.05, 0) is 35.9 Å². The van der Waals surface area contributed by atoms with Gasteiger partial charge < -0.3 is 14.8 Å². The number of carbonyl (C=O) groups excluding carboxylic acids is 1. The minimum atomic E-state index is -0.133. The van der Waals surface area contributed by atoms with Gasteiger partial charge in [-0.25, -0.2) is 4.98 Å². The predicted octanol–water partition coefficient (Wildman–Crippen LogP) is 3.02. The summed E-state index contributed by atoms with van der Waals surface area (Å²) in [6, 6.07) is 11.3. The average molecular weight is 344 g/mol. The summed E-state index contributed by atoms with van der Waals surface area (Å²) in [5.41, 5.74) is 0.866. The summed E-state index contributed by atoms with van der Waals surface area (Å²) in [4.78, 5) is 16.0. The molecule has 0 fully saturated rings. The van der Waals surface area contributed by atoms with Gasteiger partial charge >= 0.3 is 0 Å². The smallest absolute Gasteiger partial charge is 0.244 e. The molecule has 0 saturated heterocycles.